The number of thiophene rings is 1. The second-order valence-electron chi connectivity index (χ2n) is 3.25. The zero-order valence-electron chi connectivity index (χ0n) is 9.03. The van der Waals surface area contributed by atoms with Crippen molar-refractivity contribution in [1.29, 1.82) is 0 Å². The van der Waals surface area contributed by atoms with Gasteiger partial charge in [0.25, 0.3) is 0 Å². The number of hydrogen-bond donors (Lipinski definition) is 0. The number of hydrogen-bond acceptors (Lipinski definition) is 4. The van der Waals surface area contributed by atoms with Gasteiger partial charge in [-0.25, -0.2) is 0 Å². The highest BCUT2D eigenvalue weighted by molar-refractivity contribution is 9.13. The Bertz CT molecular complexity index is 557. The summed E-state index contributed by atoms with van der Waals surface area (Å²) in [7, 11) is 3.24. The van der Waals surface area contributed by atoms with Gasteiger partial charge in [-0.15, -0.1) is 11.3 Å². The fraction of sp³-hybridized carbons (Fsp3) is 0.200. The third-order valence-electron chi connectivity index (χ3n) is 2.21. The molecule has 0 aliphatic heterocycles. The van der Waals surface area contributed by atoms with Gasteiger partial charge in [-0.1, -0.05) is 0 Å². The molecule has 17 heavy (non-hydrogen) atoms. The molecular formula is C10H8Br2N2O2S. The number of methoxy groups -OCH3 is 1. The molecule has 0 atom stereocenters. The Morgan fingerprint density at radius 2 is 2.24 bits per heavy atom. The Labute approximate surface area is 119 Å². The first kappa shape index (κ1) is 12.8. The van der Waals surface area contributed by atoms with Crippen LogP contribution in [0.1, 0.15) is 15.4 Å². The van der Waals surface area contributed by atoms with E-state index in [2.05, 4.69) is 37.0 Å². The van der Waals surface area contributed by atoms with Gasteiger partial charge in [-0.2, -0.15) is 5.10 Å². The Kier molecular flexibility index (Phi) is 3.70. The highest BCUT2D eigenvalue weighted by Crippen LogP contribution is 2.34. The van der Waals surface area contributed by atoms with E-state index in [1.165, 1.54) is 29.3 Å². The van der Waals surface area contributed by atoms with Gasteiger partial charge in [-0.05, 0) is 37.9 Å². The van der Waals surface area contributed by atoms with Crippen LogP contribution < -0.4 is 4.74 Å². The molecule has 0 saturated carbocycles. The van der Waals surface area contributed by atoms with Crippen molar-refractivity contribution in [3.8, 4) is 5.75 Å². The number of ether oxygens (including phenoxy) is 1. The van der Waals surface area contributed by atoms with Crippen molar-refractivity contribution >= 4 is 49.0 Å². The summed E-state index contributed by atoms with van der Waals surface area (Å²) in [5.41, 5.74) is 0.453. The summed E-state index contributed by atoms with van der Waals surface area (Å²) in [4.78, 5) is 12.9. The van der Waals surface area contributed by atoms with Gasteiger partial charge in [-0.3, -0.25) is 9.48 Å². The molecule has 2 aromatic heterocycles. The van der Waals surface area contributed by atoms with Gasteiger partial charge in [0, 0.05) is 11.5 Å². The van der Waals surface area contributed by atoms with Gasteiger partial charge >= 0.3 is 0 Å². The number of carbonyl (C=O) groups is 1. The second-order valence-corrected chi connectivity index (χ2v) is 6.47. The van der Waals surface area contributed by atoms with Crippen LogP contribution in [-0.2, 0) is 7.05 Å². The molecule has 7 heteroatoms. The van der Waals surface area contributed by atoms with Crippen molar-refractivity contribution in [3.63, 3.8) is 0 Å². The molecule has 0 N–H and O–H groups in total. The Hall–Kier alpha value is -0.660. The van der Waals surface area contributed by atoms with Gasteiger partial charge < -0.3 is 4.74 Å². The molecule has 0 aromatic carbocycles. The lowest BCUT2D eigenvalue weighted by molar-refractivity contribution is 0.103. The molecule has 0 saturated heterocycles. The molecule has 0 aliphatic carbocycles. The Morgan fingerprint density at radius 3 is 2.76 bits per heavy atom. The van der Waals surface area contributed by atoms with E-state index in [-0.39, 0.29) is 5.78 Å². The number of nitrogens with zero attached hydrogens (tertiary/aromatic N) is 2. The molecule has 2 aromatic rings. The zero-order valence-corrected chi connectivity index (χ0v) is 13.0. The maximum Gasteiger partial charge on any atom is 0.224 e. The average Bonchev–Trinajstić information content (AvgIpc) is 2.82. The lowest BCUT2D eigenvalue weighted by atomic mass is 10.2. The van der Waals surface area contributed by atoms with E-state index in [0.717, 1.165) is 8.26 Å². The monoisotopic (exact) mass is 378 g/mol. The third kappa shape index (κ3) is 2.31. The molecule has 2 heterocycles. The van der Waals surface area contributed by atoms with E-state index in [9.17, 15) is 4.79 Å². The first-order valence-corrected chi connectivity index (χ1v) is 7.00. The molecule has 0 fully saturated rings. The van der Waals surface area contributed by atoms with E-state index in [1.807, 2.05) is 0 Å². The van der Waals surface area contributed by atoms with Crippen LogP contribution in [0.2, 0.25) is 0 Å². The van der Waals surface area contributed by atoms with Crippen LogP contribution in [-0.4, -0.2) is 22.7 Å². The lowest BCUT2D eigenvalue weighted by Gasteiger charge is -2.02. The van der Waals surface area contributed by atoms with Crippen molar-refractivity contribution in [2.45, 2.75) is 0 Å². The maximum absolute atomic E-state index is 12.3. The second kappa shape index (κ2) is 4.91. The molecular weight excluding hydrogens is 372 g/mol. The fourth-order valence-corrected chi connectivity index (χ4v) is 3.38. The highest BCUT2D eigenvalue weighted by atomic mass is 79.9. The van der Waals surface area contributed by atoms with Gasteiger partial charge in [0.15, 0.2) is 11.4 Å². The van der Waals surface area contributed by atoms with E-state index in [4.69, 9.17) is 4.74 Å². The van der Waals surface area contributed by atoms with Crippen LogP contribution in [0, 0.1) is 0 Å². The molecule has 0 aliphatic rings. The van der Waals surface area contributed by atoms with Crippen LogP contribution >= 0.6 is 43.2 Å². The highest BCUT2D eigenvalue weighted by Gasteiger charge is 2.21. The zero-order chi connectivity index (χ0) is 12.6. The Balaban J connectivity index is 2.46. The standard InChI is InChI=1S/C10H8Br2N2O2S/c1-14-8(6(16-2)4-13-14)9(15)7-3-5(11)10(12)17-7/h3-4H,1-2H3. The summed E-state index contributed by atoms with van der Waals surface area (Å²) < 4.78 is 8.40. The average molecular weight is 380 g/mol. The van der Waals surface area contributed by atoms with Crippen LogP contribution in [0.5, 0.6) is 5.75 Å². The summed E-state index contributed by atoms with van der Waals surface area (Å²) in [6.45, 7) is 0. The quantitative estimate of drug-likeness (QED) is 0.769. The summed E-state index contributed by atoms with van der Waals surface area (Å²) in [5.74, 6) is 0.386. The van der Waals surface area contributed by atoms with Crippen molar-refractivity contribution < 1.29 is 9.53 Å². The van der Waals surface area contributed by atoms with E-state index < -0.39 is 0 Å². The third-order valence-corrected chi connectivity index (χ3v) is 5.46. The maximum atomic E-state index is 12.3. The van der Waals surface area contributed by atoms with Crippen LogP contribution in [0.25, 0.3) is 0 Å². The van der Waals surface area contributed by atoms with Crippen molar-refractivity contribution in [1.82, 2.24) is 9.78 Å². The lowest BCUT2D eigenvalue weighted by Crippen LogP contribution is -2.08. The predicted octanol–water partition coefficient (Wildman–Crippen LogP) is 3.25. The SMILES string of the molecule is COc1cnn(C)c1C(=O)c1cc(Br)c(Br)s1. The van der Waals surface area contributed by atoms with E-state index in [1.54, 1.807) is 13.1 Å². The van der Waals surface area contributed by atoms with Crippen molar-refractivity contribution in [2.24, 2.45) is 7.05 Å². The summed E-state index contributed by atoms with van der Waals surface area (Å²) >= 11 is 8.10. The number of carbonyl (C=O) groups excluding carboxylic acids is 1. The van der Waals surface area contributed by atoms with Gasteiger partial charge in [0.2, 0.25) is 5.78 Å². The predicted molar refractivity (Wildman–Crippen MR) is 72.9 cm³/mol. The summed E-state index contributed by atoms with van der Waals surface area (Å²) in [6.07, 6.45) is 1.53. The minimum atomic E-state index is -0.0988. The molecule has 0 amide bonds. The van der Waals surface area contributed by atoms with Crippen molar-refractivity contribution in [3.05, 3.63) is 31.1 Å². The molecule has 90 valence electrons. The molecule has 0 radical (unpaired) electrons. The molecule has 4 nitrogen and oxygen atoms in total. The number of aryl methyl sites for hydroxylation is 1. The molecule has 0 unspecified atom stereocenters. The Morgan fingerprint density at radius 1 is 1.53 bits per heavy atom. The summed E-state index contributed by atoms with van der Waals surface area (Å²) in [6, 6.07) is 1.78. The number of halogens is 2. The number of aromatic nitrogens is 2. The molecule has 0 spiro atoms. The number of ketones is 1. The van der Waals surface area contributed by atoms with E-state index in [0.29, 0.717) is 16.3 Å². The largest absolute Gasteiger partial charge is 0.493 e. The normalized spacial score (nSPS) is 10.6. The van der Waals surface area contributed by atoms with Crippen LogP contribution in [0.3, 0.4) is 0 Å². The van der Waals surface area contributed by atoms with Crippen LogP contribution in [0.4, 0.5) is 0 Å². The van der Waals surface area contributed by atoms with E-state index >= 15 is 0 Å². The van der Waals surface area contributed by atoms with Gasteiger partial charge in [0.05, 0.1) is 22.0 Å². The first-order valence-electron chi connectivity index (χ1n) is 4.60. The minimum absolute atomic E-state index is 0.0988. The molecule has 0 bridgehead atoms. The summed E-state index contributed by atoms with van der Waals surface area (Å²) in [5, 5.41) is 4.02. The first-order chi connectivity index (χ1) is 8.04. The van der Waals surface area contributed by atoms with Gasteiger partial charge in [0.1, 0.15) is 0 Å². The van der Waals surface area contributed by atoms with Crippen molar-refractivity contribution in [2.75, 3.05) is 7.11 Å². The minimum Gasteiger partial charge on any atom is -0.493 e. The van der Waals surface area contributed by atoms with Crippen LogP contribution in [0.15, 0.2) is 20.5 Å². The number of rotatable bonds is 3. The molecule has 2 rings (SSSR count). The smallest absolute Gasteiger partial charge is 0.224 e. The topological polar surface area (TPSA) is 44.1 Å². The fourth-order valence-electron chi connectivity index (χ4n) is 1.40.